The smallest absolute Gasteiger partial charge is 0.239 e. The lowest BCUT2D eigenvalue weighted by Crippen LogP contribution is -2.47. The second kappa shape index (κ2) is 7.42. The van der Waals surface area contributed by atoms with Crippen LogP contribution in [0, 0.1) is 0 Å². The first-order valence-electron chi connectivity index (χ1n) is 8.96. The van der Waals surface area contributed by atoms with E-state index in [4.69, 9.17) is 4.74 Å². The topological polar surface area (TPSA) is 85.2 Å². The Balaban J connectivity index is 1.51. The number of aryl methyl sites for hydroxylation is 1. The molecule has 0 aliphatic carbocycles. The number of rotatable bonds is 4. The van der Waals surface area contributed by atoms with Gasteiger partial charge in [-0.05, 0) is 19.1 Å². The largest absolute Gasteiger partial charge is 0.379 e. The summed E-state index contributed by atoms with van der Waals surface area (Å²) < 4.78 is 7.15. The van der Waals surface area contributed by atoms with Crippen LogP contribution in [0.4, 0.5) is 5.82 Å². The Hall–Kier alpha value is -2.84. The molecular formula is C19H22N6O2. The average Bonchev–Trinajstić information content (AvgIpc) is 3.09. The highest BCUT2D eigenvalue weighted by molar-refractivity contribution is 5.93. The zero-order valence-corrected chi connectivity index (χ0v) is 15.4. The molecule has 1 fully saturated rings. The second-order valence-corrected chi connectivity index (χ2v) is 6.80. The molecule has 1 aliphatic rings. The number of morpholine rings is 1. The summed E-state index contributed by atoms with van der Waals surface area (Å²) in [6, 6.07) is 5.95. The van der Waals surface area contributed by atoms with E-state index in [0.717, 1.165) is 28.7 Å². The molecule has 3 aromatic heterocycles. The minimum Gasteiger partial charge on any atom is -0.379 e. The van der Waals surface area contributed by atoms with Crippen molar-refractivity contribution in [3.05, 3.63) is 36.8 Å². The van der Waals surface area contributed by atoms with Crippen molar-refractivity contribution in [1.29, 1.82) is 0 Å². The number of hydrogen-bond donors (Lipinski definition) is 1. The van der Waals surface area contributed by atoms with Gasteiger partial charge in [-0.3, -0.25) is 14.4 Å². The number of aromatic nitrogens is 4. The molecule has 8 heteroatoms. The number of anilines is 1. The minimum atomic E-state index is -0.0842. The Morgan fingerprint density at radius 2 is 2.26 bits per heavy atom. The third-order valence-electron chi connectivity index (χ3n) is 4.69. The first-order chi connectivity index (χ1) is 13.1. The quantitative estimate of drug-likeness (QED) is 0.756. The SMILES string of the molecule is CC1COCCN1CC(=O)Nc1cc2nc(-c3cnn(C)c3)ccc2cn1. The Morgan fingerprint density at radius 3 is 3.04 bits per heavy atom. The van der Waals surface area contributed by atoms with Crippen molar-refractivity contribution in [3.63, 3.8) is 0 Å². The standard InChI is InChI=1S/C19H22N6O2/c1-13-12-27-6-5-25(13)11-19(26)23-18-7-17-14(8-20-18)3-4-16(22-17)15-9-21-24(2)10-15/h3-4,7-10,13H,5-6,11-12H2,1-2H3,(H,20,23,26). The number of fused-ring (bicyclic) bond motifs is 1. The molecule has 0 saturated carbocycles. The molecule has 1 saturated heterocycles. The average molecular weight is 366 g/mol. The van der Waals surface area contributed by atoms with E-state index in [1.807, 2.05) is 25.4 Å². The zero-order chi connectivity index (χ0) is 18.8. The number of hydrogen-bond acceptors (Lipinski definition) is 6. The normalized spacial score (nSPS) is 17.9. The minimum absolute atomic E-state index is 0.0842. The summed E-state index contributed by atoms with van der Waals surface area (Å²) in [4.78, 5) is 23.5. The van der Waals surface area contributed by atoms with Gasteiger partial charge in [0.25, 0.3) is 0 Å². The molecule has 1 atom stereocenters. The summed E-state index contributed by atoms with van der Waals surface area (Å²) in [6.45, 7) is 4.46. The molecule has 1 amide bonds. The molecule has 27 heavy (non-hydrogen) atoms. The van der Waals surface area contributed by atoms with Crippen LogP contribution in [0.25, 0.3) is 22.2 Å². The molecule has 0 spiro atoms. The fourth-order valence-corrected chi connectivity index (χ4v) is 3.16. The van der Waals surface area contributed by atoms with Crippen molar-refractivity contribution in [2.45, 2.75) is 13.0 Å². The van der Waals surface area contributed by atoms with Gasteiger partial charge in [-0.15, -0.1) is 0 Å². The van der Waals surface area contributed by atoms with E-state index >= 15 is 0 Å². The fraction of sp³-hybridized carbons (Fsp3) is 0.368. The highest BCUT2D eigenvalue weighted by atomic mass is 16.5. The first-order valence-corrected chi connectivity index (χ1v) is 8.96. The van der Waals surface area contributed by atoms with Crippen molar-refractivity contribution >= 4 is 22.6 Å². The van der Waals surface area contributed by atoms with Gasteiger partial charge in [-0.1, -0.05) is 0 Å². The van der Waals surface area contributed by atoms with Gasteiger partial charge >= 0.3 is 0 Å². The van der Waals surface area contributed by atoms with Crippen molar-refractivity contribution < 1.29 is 9.53 Å². The van der Waals surface area contributed by atoms with Gasteiger partial charge in [0.15, 0.2) is 0 Å². The van der Waals surface area contributed by atoms with Crippen molar-refractivity contribution in [2.24, 2.45) is 7.05 Å². The van der Waals surface area contributed by atoms with E-state index in [-0.39, 0.29) is 11.9 Å². The molecule has 8 nitrogen and oxygen atoms in total. The first kappa shape index (κ1) is 17.6. The third-order valence-corrected chi connectivity index (χ3v) is 4.69. The van der Waals surface area contributed by atoms with Crippen molar-refractivity contribution in [1.82, 2.24) is 24.6 Å². The van der Waals surface area contributed by atoms with Gasteiger partial charge in [0, 0.05) is 49.0 Å². The molecule has 1 aliphatic heterocycles. The number of pyridine rings is 2. The fourth-order valence-electron chi connectivity index (χ4n) is 3.16. The number of amides is 1. The van der Waals surface area contributed by atoms with Gasteiger partial charge in [0.1, 0.15) is 5.82 Å². The third kappa shape index (κ3) is 3.96. The molecule has 1 N–H and O–H groups in total. The molecule has 0 aromatic carbocycles. The van der Waals surface area contributed by atoms with Gasteiger partial charge in [-0.2, -0.15) is 5.10 Å². The highest BCUT2D eigenvalue weighted by Crippen LogP contribution is 2.21. The number of nitrogens with zero attached hydrogens (tertiary/aromatic N) is 5. The van der Waals surface area contributed by atoms with Crippen LogP contribution < -0.4 is 5.32 Å². The predicted molar refractivity (Wildman–Crippen MR) is 102 cm³/mol. The maximum absolute atomic E-state index is 12.4. The molecule has 4 rings (SSSR count). The summed E-state index contributed by atoms with van der Waals surface area (Å²) >= 11 is 0. The van der Waals surface area contributed by atoms with Crippen molar-refractivity contribution in [3.8, 4) is 11.3 Å². The summed E-state index contributed by atoms with van der Waals surface area (Å²) in [5, 5.41) is 7.98. The maximum atomic E-state index is 12.4. The Morgan fingerprint density at radius 1 is 1.37 bits per heavy atom. The lowest BCUT2D eigenvalue weighted by molar-refractivity contribution is -0.119. The highest BCUT2D eigenvalue weighted by Gasteiger charge is 2.21. The Labute approximate surface area is 157 Å². The van der Waals surface area contributed by atoms with E-state index in [1.165, 1.54) is 0 Å². The molecule has 3 aromatic rings. The van der Waals surface area contributed by atoms with Crippen LogP contribution in [-0.2, 0) is 16.6 Å². The van der Waals surface area contributed by atoms with E-state index < -0.39 is 0 Å². The lowest BCUT2D eigenvalue weighted by Gasteiger charge is -2.32. The maximum Gasteiger partial charge on any atom is 0.239 e. The van der Waals surface area contributed by atoms with Gasteiger partial charge < -0.3 is 10.1 Å². The summed E-state index contributed by atoms with van der Waals surface area (Å²) in [5.74, 6) is 0.420. The number of nitrogens with one attached hydrogen (secondary N) is 1. The monoisotopic (exact) mass is 366 g/mol. The molecule has 0 bridgehead atoms. The van der Waals surface area contributed by atoms with Crippen LogP contribution in [0.2, 0.25) is 0 Å². The lowest BCUT2D eigenvalue weighted by atomic mass is 10.2. The summed E-state index contributed by atoms with van der Waals surface area (Å²) in [5.41, 5.74) is 2.56. The zero-order valence-electron chi connectivity index (χ0n) is 15.4. The van der Waals surface area contributed by atoms with Gasteiger partial charge in [0.05, 0.1) is 37.2 Å². The van der Waals surface area contributed by atoms with E-state index in [0.29, 0.717) is 25.6 Å². The van der Waals surface area contributed by atoms with Crippen LogP contribution in [-0.4, -0.2) is 62.9 Å². The molecule has 140 valence electrons. The Kier molecular flexibility index (Phi) is 4.83. The molecule has 1 unspecified atom stereocenters. The van der Waals surface area contributed by atoms with Gasteiger partial charge in [0.2, 0.25) is 5.91 Å². The summed E-state index contributed by atoms with van der Waals surface area (Å²) in [7, 11) is 1.87. The Bertz CT molecular complexity index is 970. The van der Waals surface area contributed by atoms with Crippen LogP contribution in [0.3, 0.4) is 0 Å². The number of carbonyl (C=O) groups is 1. The predicted octanol–water partition coefficient (Wildman–Crippen LogP) is 1.69. The number of ether oxygens (including phenoxy) is 1. The van der Waals surface area contributed by atoms with Crippen LogP contribution in [0.1, 0.15) is 6.92 Å². The van der Waals surface area contributed by atoms with Crippen LogP contribution in [0.5, 0.6) is 0 Å². The molecular weight excluding hydrogens is 344 g/mol. The molecule has 0 radical (unpaired) electrons. The van der Waals surface area contributed by atoms with Crippen LogP contribution in [0.15, 0.2) is 36.8 Å². The van der Waals surface area contributed by atoms with E-state index in [1.54, 1.807) is 23.1 Å². The summed E-state index contributed by atoms with van der Waals surface area (Å²) in [6.07, 6.45) is 5.42. The second-order valence-electron chi connectivity index (χ2n) is 6.80. The molecule has 4 heterocycles. The van der Waals surface area contributed by atoms with Crippen LogP contribution >= 0.6 is 0 Å². The van der Waals surface area contributed by atoms with Crippen molar-refractivity contribution in [2.75, 3.05) is 31.6 Å². The van der Waals surface area contributed by atoms with Gasteiger partial charge in [-0.25, -0.2) is 9.97 Å². The van der Waals surface area contributed by atoms with E-state index in [2.05, 4.69) is 32.2 Å². The van der Waals surface area contributed by atoms with E-state index in [9.17, 15) is 4.79 Å². The number of carbonyl (C=O) groups excluding carboxylic acids is 1.